The lowest BCUT2D eigenvalue weighted by Gasteiger charge is -2.28. The predicted molar refractivity (Wildman–Crippen MR) is 209 cm³/mol. The van der Waals surface area contributed by atoms with Crippen LogP contribution in [0, 0.1) is 11.8 Å². The molecule has 1 aromatic rings. The van der Waals surface area contributed by atoms with Gasteiger partial charge in [-0.15, -0.1) is 0 Å². The Morgan fingerprint density at radius 1 is 0.965 bits per heavy atom. The summed E-state index contributed by atoms with van der Waals surface area (Å²) in [7, 11) is 0.397. The summed E-state index contributed by atoms with van der Waals surface area (Å²) in [6.45, 7) is 1.96. The van der Waals surface area contributed by atoms with E-state index in [2.05, 4.69) is 10.0 Å². The average Bonchev–Trinajstić information content (AvgIpc) is 4.01. The summed E-state index contributed by atoms with van der Waals surface area (Å²) < 4.78 is 43.7. The number of allylic oxidation sites excluding steroid dienone is 2. The number of carbonyl (C=O) groups excluding carboxylic acids is 5. The van der Waals surface area contributed by atoms with E-state index < -0.39 is 63.4 Å². The van der Waals surface area contributed by atoms with E-state index >= 15 is 0 Å². The summed E-state index contributed by atoms with van der Waals surface area (Å²) in [6, 6.07) is 3.75. The maximum absolute atomic E-state index is 14.1. The number of ether oxygens (including phenoxy) is 3. The van der Waals surface area contributed by atoms with Crippen molar-refractivity contribution in [2.75, 3.05) is 33.8 Å². The molecule has 0 spiro atoms. The Labute approximate surface area is 335 Å². The molecule has 17 heteroatoms. The lowest BCUT2D eigenvalue weighted by Crippen LogP contribution is -2.53. The number of hydrogen-bond donors (Lipinski definition) is 3. The minimum Gasteiger partial charge on any atom is -0.492 e. The second-order valence-electron chi connectivity index (χ2n) is 16.4. The van der Waals surface area contributed by atoms with E-state index in [1.54, 1.807) is 4.90 Å². The fraction of sp³-hybridized carbons (Fsp3) is 0.675. The minimum atomic E-state index is -3.55. The molecule has 5 amide bonds. The molecule has 0 aromatic heterocycles. The molecule has 0 radical (unpaired) electrons. The Bertz CT molecular complexity index is 1780. The highest BCUT2D eigenvalue weighted by Crippen LogP contribution is 2.40. The van der Waals surface area contributed by atoms with Crippen molar-refractivity contribution in [3.8, 4) is 5.75 Å². The molecule has 4 N–H and O–H groups in total. The van der Waals surface area contributed by atoms with Gasteiger partial charge >= 0.3 is 12.2 Å². The number of nitrogens with zero attached hydrogens (tertiary/aromatic N) is 3. The van der Waals surface area contributed by atoms with Crippen LogP contribution in [-0.4, -0.2) is 116 Å². The number of amides is 5. The van der Waals surface area contributed by atoms with E-state index in [9.17, 15) is 32.4 Å². The van der Waals surface area contributed by atoms with Crippen LogP contribution in [0.25, 0.3) is 0 Å². The van der Waals surface area contributed by atoms with Crippen molar-refractivity contribution in [2.45, 2.75) is 126 Å². The molecule has 4 fully saturated rings. The van der Waals surface area contributed by atoms with Gasteiger partial charge in [-0.1, -0.05) is 31.1 Å². The van der Waals surface area contributed by atoms with E-state index in [1.165, 1.54) is 4.90 Å². The van der Waals surface area contributed by atoms with Crippen LogP contribution in [0.4, 0.5) is 9.59 Å². The van der Waals surface area contributed by atoms with Gasteiger partial charge in [0.1, 0.15) is 36.6 Å². The number of hydrogen-bond acceptors (Lipinski definition) is 11. The highest BCUT2D eigenvalue weighted by molar-refractivity contribution is 7.90. The van der Waals surface area contributed by atoms with Crippen LogP contribution in [0.1, 0.15) is 94.6 Å². The van der Waals surface area contributed by atoms with E-state index in [4.69, 9.17) is 19.9 Å². The second kappa shape index (κ2) is 18.9. The molecule has 5 atom stereocenters. The molecule has 6 rings (SSSR count). The maximum Gasteiger partial charge on any atom is 0.410 e. The number of nitrogens with one attached hydrogen (secondary N) is 2. The van der Waals surface area contributed by atoms with Crippen LogP contribution in [0.2, 0.25) is 0 Å². The number of nitrogens with two attached hydrogens (primary N) is 1. The number of unbranched alkanes of at least 4 members (excludes halogenated alkanes) is 3. The number of likely N-dealkylation sites (tertiary alicyclic amines) is 1. The van der Waals surface area contributed by atoms with E-state index in [0.29, 0.717) is 51.8 Å². The molecule has 5 aliphatic rings. The molecule has 3 saturated carbocycles. The largest absolute Gasteiger partial charge is 0.492 e. The molecule has 1 saturated heterocycles. The van der Waals surface area contributed by atoms with Gasteiger partial charge in [-0.25, -0.2) is 18.0 Å². The Morgan fingerprint density at radius 3 is 2.44 bits per heavy atom. The van der Waals surface area contributed by atoms with E-state index in [1.807, 2.05) is 49.3 Å². The van der Waals surface area contributed by atoms with Gasteiger partial charge in [0.05, 0.1) is 11.8 Å². The Kier molecular flexibility index (Phi) is 14.0. The first-order valence-corrected chi connectivity index (χ1v) is 22.0. The Morgan fingerprint density at radius 2 is 1.72 bits per heavy atom. The first kappa shape index (κ1) is 42.2. The molecule has 2 aliphatic heterocycles. The summed E-state index contributed by atoms with van der Waals surface area (Å²) in [4.78, 5) is 70.3. The van der Waals surface area contributed by atoms with Gasteiger partial charge in [-0.2, -0.15) is 0 Å². The Hall–Kier alpha value is -4.38. The highest BCUT2D eigenvalue weighted by atomic mass is 32.2. The average molecular weight is 815 g/mol. The van der Waals surface area contributed by atoms with Crippen molar-refractivity contribution in [2.24, 2.45) is 17.6 Å². The van der Waals surface area contributed by atoms with Gasteiger partial charge in [0.25, 0.3) is 0 Å². The summed E-state index contributed by atoms with van der Waals surface area (Å²) in [5.74, 6) is -1.22. The van der Waals surface area contributed by atoms with Crippen molar-refractivity contribution in [1.82, 2.24) is 24.7 Å². The number of rotatable bonds is 19. The van der Waals surface area contributed by atoms with Crippen LogP contribution in [0.15, 0.2) is 30.4 Å². The number of carbonyl (C=O) groups is 5. The number of benzene rings is 1. The van der Waals surface area contributed by atoms with Crippen molar-refractivity contribution >= 4 is 39.9 Å². The topological polar surface area (TPSA) is 207 Å². The number of alkyl carbamates (subject to hydrolysis) is 1. The van der Waals surface area contributed by atoms with Crippen molar-refractivity contribution in [3.63, 3.8) is 0 Å². The van der Waals surface area contributed by atoms with Gasteiger partial charge in [-0.05, 0) is 107 Å². The fourth-order valence-electron chi connectivity index (χ4n) is 7.81. The molecular weight excluding hydrogens is 757 g/mol. The third-order valence-corrected chi connectivity index (χ3v) is 13.2. The smallest absolute Gasteiger partial charge is 0.410 e. The highest BCUT2D eigenvalue weighted by Gasteiger charge is 2.46. The zero-order valence-corrected chi connectivity index (χ0v) is 33.9. The third-order valence-electron chi connectivity index (χ3n) is 11.4. The fourth-order valence-corrected chi connectivity index (χ4v) is 9.16. The minimum absolute atomic E-state index is 0.0243. The van der Waals surface area contributed by atoms with Crippen LogP contribution in [-0.2, 0) is 47.0 Å². The molecule has 0 bridgehead atoms. The third kappa shape index (κ3) is 11.8. The molecular formula is C40H58N6O10S. The second-order valence-corrected chi connectivity index (χ2v) is 18.3. The molecule has 16 nitrogen and oxygen atoms in total. The molecule has 2 heterocycles. The summed E-state index contributed by atoms with van der Waals surface area (Å²) >= 11 is 0. The van der Waals surface area contributed by atoms with E-state index in [-0.39, 0.29) is 30.9 Å². The van der Waals surface area contributed by atoms with E-state index in [0.717, 1.165) is 68.4 Å². The molecule has 1 aromatic carbocycles. The maximum atomic E-state index is 14.1. The van der Waals surface area contributed by atoms with Crippen LogP contribution in [0.3, 0.4) is 0 Å². The van der Waals surface area contributed by atoms with Crippen LogP contribution < -0.4 is 20.5 Å². The summed E-state index contributed by atoms with van der Waals surface area (Å²) in [6.07, 6.45) is 10.2. The zero-order valence-electron chi connectivity index (χ0n) is 33.1. The lowest BCUT2D eigenvalue weighted by atomic mass is 10.0. The number of likely N-dealkylation sites (N-methyl/N-ethyl adjacent to an activating group) is 1. The van der Waals surface area contributed by atoms with Crippen molar-refractivity contribution < 1.29 is 46.6 Å². The van der Waals surface area contributed by atoms with Gasteiger partial charge in [0.2, 0.25) is 27.7 Å². The van der Waals surface area contributed by atoms with Gasteiger partial charge in [-0.3, -0.25) is 24.0 Å². The lowest BCUT2D eigenvalue weighted by molar-refractivity contribution is -0.139. The van der Waals surface area contributed by atoms with Gasteiger partial charge in [0.15, 0.2) is 0 Å². The SMILES string of the molecule is CN(C)CCOc1ccc2c(c1)CN(C(=O)O[C@@H]1C[C@@H](C(N)=O)N(C(=O)[C@H](CCCCC/C=C\C3C[C@@H]3C(=O)NS(=O)(=O)C3CC3)NC(=O)OC3CCCC3)C1)C2. The van der Waals surface area contributed by atoms with Crippen LogP contribution >= 0.6 is 0 Å². The number of primary amides is 1. The first-order valence-electron chi connectivity index (χ1n) is 20.4. The number of fused-ring (bicyclic) bond motifs is 1. The quantitative estimate of drug-likeness (QED) is 0.136. The van der Waals surface area contributed by atoms with Crippen LogP contribution in [0.5, 0.6) is 5.75 Å². The first-order chi connectivity index (χ1) is 27.3. The standard InChI is InChI=1S/C40H58N6O10S/c1-44(2)18-19-54-30-15-14-27-23-45(24-28(27)20-30)40(51)56-31-22-35(36(41)47)46(25-31)38(49)34(42-39(50)55-29-11-8-9-12-29)13-7-5-3-4-6-10-26-21-33(26)37(48)43-57(52,53)32-16-17-32/h6,10,14-15,20,26,29,31-35H,3-5,7-9,11-13,16-19,21-25H2,1-2H3,(H2,41,47)(H,42,50)(H,43,48)/b10-6-/t26?,31-,33+,34+,35+/m1/s1. The van der Waals surface area contributed by atoms with Crippen molar-refractivity contribution in [3.05, 3.63) is 41.5 Å². The Balaban J connectivity index is 0.985. The molecule has 57 heavy (non-hydrogen) atoms. The molecule has 314 valence electrons. The van der Waals surface area contributed by atoms with Crippen molar-refractivity contribution in [1.29, 1.82) is 0 Å². The molecule has 1 unspecified atom stereocenters. The summed E-state index contributed by atoms with van der Waals surface area (Å²) in [5.41, 5.74) is 7.71. The van der Waals surface area contributed by atoms with Gasteiger partial charge in [0, 0.05) is 32.0 Å². The normalized spacial score (nSPS) is 23.7. The molecule has 3 aliphatic carbocycles. The van der Waals surface area contributed by atoms with Gasteiger partial charge < -0.3 is 35.1 Å². The number of sulfonamides is 1. The predicted octanol–water partition coefficient (Wildman–Crippen LogP) is 3.32. The summed E-state index contributed by atoms with van der Waals surface area (Å²) in [5, 5.41) is 2.32. The monoisotopic (exact) mass is 814 g/mol. The zero-order chi connectivity index (χ0) is 40.7.